The van der Waals surface area contributed by atoms with Crippen molar-refractivity contribution in [1.29, 1.82) is 0 Å². The molecule has 0 bridgehead atoms. The number of carbonyl (C=O) groups excluding carboxylic acids is 1. The molecular formula is C11H21NO3. The maximum absolute atomic E-state index is 11.4. The number of carboxylic acids is 1. The smallest absolute Gasteiger partial charge is 0.323 e. The maximum Gasteiger partial charge on any atom is 0.323 e. The lowest BCUT2D eigenvalue weighted by Crippen LogP contribution is -2.45. The van der Waals surface area contributed by atoms with Gasteiger partial charge < -0.3 is 10.0 Å². The molecule has 1 heterocycles. The molecule has 1 atom stereocenters. The Hall–Kier alpha value is -1.06. The first-order valence-electron chi connectivity index (χ1n) is 5.66. The predicted molar refractivity (Wildman–Crippen MR) is 58.6 cm³/mol. The van der Waals surface area contributed by atoms with Gasteiger partial charge in [0.15, 0.2) is 0 Å². The van der Waals surface area contributed by atoms with E-state index >= 15 is 0 Å². The molecule has 4 nitrogen and oxygen atoms in total. The lowest BCUT2D eigenvalue weighted by molar-refractivity contribution is -0.148. The zero-order chi connectivity index (χ0) is 11.8. The summed E-state index contributed by atoms with van der Waals surface area (Å²) in [4.78, 5) is 23.3. The minimum Gasteiger partial charge on any atom is -0.480 e. The summed E-state index contributed by atoms with van der Waals surface area (Å²) in [6.45, 7) is 5.84. The van der Waals surface area contributed by atoms with Crippen LogP contribution in [0.2, 0.25) is 0 Å². The van der Waals surface area contributed by atoms with Gasteiger partial charge in [-0.15, -0.1) is 0 Å². The van der Waals surface area contributed by atoms with Crippen LogP contribution in [-0.4, -0.2) is 34.5 Å². The van der Waals surface area contributed by atoms with Crippen LogP contribution in [0.25, 0.3) is 0 Å². The average molecular weight is 215 g/mol. The Morgan fingerprint density at radius 3 is 2.60 bits per heavy atom. The van der Waals surface area contributed by atoms with Gasteiger partial charge in [0.05, 0.1) is 0 Å². The van der Waals surface area contributed by atoms with Gasteiger partial charge in [0.25, 0.3) is 0 Å². The minimum atomic E-state index is -0.922. The van der Waals surface area contributed by atoms with Crippen LogP contribution in [0, 0.1) is 0 Å². The summed E-state index contributed by atoms with van der Waals surface area (Å²) in [6, 6.07) is 0.136. The minimum absolute atomic E-state index is 0.0134. The van der Waals surface area contributed by atoms with Gasteiger partial charge in [0.1, 0.15) is 6.54 Å². The number of rotatable bonds is 3. The summed E-state index contributed by atoms with van der Waals surface area (Å²) in [5, 5.41) is 8.60. The summed E-state index contributed by atoms with van der Waals surface area (Å²) in [6.07, 6.45) is 3.19. The molecule has 0 aromatic carbocycles. The number of carbonyl (C=O) groups is 2. The highest BCUT2D eigenvalue weighted by Gasteiger charge is 2.27. The molecule has 88 valence electrons. The van der Waals surface area contributed by atoms with Gasteiger partial charge >= 0.3 is 5.97 Å². The number of carboxylic acid groups (broad SMARTS) is 1. The van der Waals surface area contributed by atoms with Crippen molar-refractivity contribution in [2.24, 2.45) is 0 Å². The van der Waals surface area contributed by atoms with Gasteiger partial charge in [-0.25, -0.2) is 0 Å². The van der Waals surface area contributed by atoms with Gasteiger partial charge in [-0.2, -0.15) is 0 Å². The van der Waals surface area contributed by atoms with Crippen LogP contribution in [0.3, 0.4) is 0 Å². The number of amides is 1. The fraction of sp³-hybridized carbons (Fsp3) is 0.818. The number of hydrogen-bond acceptors (Lipinski definition) is 2. The molecule has 0 aliphatic carbocycles. The third-order valence-electron chi connectivity index (χ3n) is 2.47. The molecule has 1 unspecified atom stereocenters. The van der Waals surface area contributed by atoms with Crippen LogP contribution >= 0.6 is 0 Å². The summed E-state index contributed by atoms with van der Waals surface area (Å²) in [5.41, 5.74) is 0. The number of likely N-dealkylation sites (tertiary alicyclic amines) is 1. The Morgan fingerprint density at radius 1 is 1.53 bits per heavy atom. The number of hydrogen-bond donors (Lipinski definition) is 1. The van der Waals surface area contributed by atoms with E-state index in [0.717, 1.165) is 19.3 Å². The highest BCUT2D eigenvalue weighted by molar-refractivity contribution is 5.82. The van der Waals surface area contributed by atoms with E-state index in [1.165, 1.54) is 4.90 Å². The normalized spacial score (nSPS) is 20.6. The van der Waals surface area contributed by atoms with E-state index in [1.54, 1.807) is 0 Å². The molecule has 1 rings (SSSR count). The molecule has 0 spiro atoms. The zero-order valence-corrected chi connectivity index (χ0v) is 9.82. The van der Waals surface area contributed by atoms with Gasteiger partial charge in [0, 0.05) is 12.5 Å². The van der Waals surface area contributed by atoms with Crippen molar-refractivity contribution in [3.05, 3.63) is 0 Å². The zero-order valence-electron chi connectivity index (χ0n) is 9.82. The molecule has 1 aliphatic rings. The molecule has 15 heavy (non-hydrogen) atoms. The number of aliphatic carboxylic acids is 1. The van der Waals surface area contributed by atoms with Crippen molar-refractivity contribution < 1.29 is 14.7 Å². The summed E-state index contributed by atoms with van der Waals surface area (Å²) < 4.78 is 0. The van der Waals surface area contributed by atoms with Gasteiger partial charge in [-0.1, -0.05) is 20.8 Å². The molecule has 0 aromatic heterocycles. The van der Waals surface area contributed by atoms with Crippen LogP contribution in [-0.2, 0) is 9.59 Å². The van der Waals surface area contributed by atoms with E-state index in [9.17, 15) is 9.59 Å². The van der Waals surface area contributed by atoms with Crippen molar-refractivity contribution in [2.75, 3.05) is 6.54 Å². The SMILES string of the molecule is CC.CCC1CCCC(=O)N1CC(=O)O. The third kappa shape index (κ3) is 4.32. The molecule has 1 fully saturated rings. The Morgan fingerprint density at radius 2 is 2.13 bits per heavy atom. The molecule has 1 aliphatic heterocycles. The fourth-order valence-corrected chi connectivity index (χ4v) is 1.78. The van der Waals surface area contributed by atoms with E-state index in [2.05, 4.69) is 0 Å². The van der Waals surface area contributed by atoms with Crippen LogP contribution in [0.15, 0.2) is 0 Å². The Labute approximate surface area is 91.3 Å². The van der Waals surface area contributed by atoms with Crippen molar-refractivity contribution in [3.8, 4) is 0 Å². The molecule has 4 heteroatoms. The second-order valence-electron chi connectivity index (χ2n) is 3.37. The van der Waals surface area contributed by atoms with E-state index < -0.39 is 5.97 Å². The highest BCUT2D eigenvalue weighted by Crippen LogP contribution is 2.19. The number of piperidine rings is 1. The summed E-state index contributed by atoms with van der Waals surface area (Å²) in [7, 11) is 0. The Bertz CT molecular complexity index is 216. The first kappa shape index (κ1) is 13.9. The largest absolute Gasteiger partial charge is 0.480 e. The summed E-state index contributed by atoms with van der Waals surface area (Å²) in [5.74, 6) is -0.936. The lowest BCUT2D eigenvalue weighted by Gasteiger charge is -2.33. The fourth-order valence-electron chi connectivity index (χ4n) is 1.78. The molecular weight excluding hydrogens is 194 g/mol. The second-order valence-corrected chi connectivity index (χ2v) is 3.37. The standard InChI is InChI=1S/C9H15NO3.C2H6/c1-2-7-4-3-5-8(11)10(7)6-9(12)13;1-2/h7H,2-6H2,1H3,(H,12,13);1-2H3. The molecule has 0 radical (unpaired) electrons. The Kier molecular flexibility index (Phi) is 6.75. The molecule has 1 amide bonds. The van der Waals surface area contributed by atoms with Crippen LogP contribution < -0.4 is 0 Å². The van der Waals surface area contributed by atoms with Gasteiger partial charge in [-0.05, 0) is 19.3 Å². The average Bonchev–Trinajstić information content (AvgIpc) is 2.23. The molecule has 0 aromatic rings. The van der Waals surface area contributed by atoms with E-state index in [0.29, 0.717) is 6.42 Å². The highest BCUT2D eigenvalue weighted by atomic mass is 16.4. The number of nitrogens with zero attached hydrogens (tertiary/aromatic N) is 1. The van der Waals surface area contributed by atoms with Crippen molar-refractivity contribution >= 4 is 11.9 Å². The van der Waals surface area contributed by atoms with Crippen LogP contribution in [0.5, 0.6) is 0 Å². The van der Waals surface area contributed by atoms with E-state index in [1.807, 2.05) is 20.8 Å². The lowest BCUT2D eigenvalue weighted by atomic mass is 9.99. The Balaban J connectivity index is 0.000000921. The molecule has 1 saturated heterocycles. The van der Waals surface area contributed by atoms with E-state index in [4.69, 9.17) is 5.11 Å². The van der Waals surface area contributed by atoms with E-state index in [-0.39, 0.29) is 18.5 Å². The molecule has 1 N–H and O–H groups in total. The topological polar surface area (TPSA) is 57.6 Å². The quantitative estimate of drug-likeness (QED) is 0.782. The predicted octanol–water partition coefficient (Wildman–Crippen LogP) is 1.89. The van der Waals surface area contributed by atoms with Crippen LogP contribution in [0.4, 0.5) is 0 Å². The van der Waals surface area contributed by atoms with Gasteiger partial charge in [0.2, 0.25) is 5.91 Å². The first-order valence-corrected chi connectivity index (χ1v) is 5.66. The van der Waals surface area contributed by atoms with Crippen molar-refractivity contribution in [3.63, 3.8) is 0 Å². The van der Waals surface area contributed by atoms with Gasteiger partial charge in [-0.3, -0.25) is 9.59 Å². The van der Waals surface area contributed by atoms with Crippen LogP contribution in [0.1, 0.15) is 46.5 Å². The van der Waals surface area contributed by atoms with Crippen molar-refractivity contribution in [2.45, 2.75) is 52.5 Å². The summed E-state index contributed by atoms with van der Waals surface area (Å²) >= 11 is 0. The van der Waals surface area contributed by atoms with Crippen molar-refractivity contribution in [1.82, 2.24) is 4.90 Å². The first-order chi connectivity index (χ1) is 7.15. The molecule has 0 saturated carbocycles. The third-order valence-corrected chi connectivity index (χ3v) is 2.47. The monoisotopic (exact) mass is 215 g/mol. The maximum atomic E-state index is 11.4. The second kappa shape index (κ2) is 7.26.